The summed E-state index contributed by atoms with van der Waals surface area (Å²) in [6, 6.07) is 5.92. The summed E-state index contributed by atoms with van der Waals surface area (Å²) >= 11 is 6.08. The van der Waals surface area contributed by atoms with Crippen molar-refractivity contribution in [2.75, 3.05) is 19.7 Å². The molecule has 0 spiro atoms. The molecule has 5 nitrogen and oxygen atoms in total. The molecular weight excluding hydrogens is 292 g/mol. The Kier molecular flexibility index (Phi) is 5.70. The molecule has 1 fully saturated rings. The normalized spacial score (nSPS) is 16.7. The van der Waals surface area contributed by atoms with E-state index >= 15 is 0 Å². The van der Waals surface area contributed by atoms with E-state index in [9.17, 15) is 4.79 Å². The Hall–Kier alpha value is -1.46. The topological polar surface area (TPSA) is 61.8 Å². The minimum Gasteiger partial charge on any atom is -0.492 e. The van der Waals surface area contributed by atoms with E-state index in [1.807, 2.05) is 25.1 Å². The van der Waals surface area contributed by atoms with Crippen LogP contribution in [0.15, 0.2) is 18.2 Å². The average Bonchev–Trinajstić information content (AvgIpc) is 2.44. The van der Waals surface area contributed by atoms with E-state index < -0.39 is 6.09 Å². The summed E-state index contributed by atoms with van der Waals surface area (Å²) in [5, 5.41) is 11.9. The van der Waals surface area contributed by atoms with Gasteiger partial charge in [0.1, 0.15) is 5.75 Å². The molecule has 6 heteroatoms. The lowest BCUT2D eigenvalue weighted by molar-refractivity contribution is 0.165. The predicted octanol–water partition coefficient (Wildman–Crippen LogP) is 2.97. The van der Waals surface area contributed by atoms with Crippen molar-refractivity contribution in [3.8, 4) is 5.75 Å². The lowest BCUT2D eigenvalue weighted by atomic mass is 10.0. The third kappa shape index (κ3) is 4.79. The number of piperidine rings is 1. The number of hydrogen-bond acceptors (Lipinski definition) is 3. The SMILES string of the molecule is CCOc1cc(CN2CCC(NC(=O)O)CC2)ccc1Cl. The minimum atomic E-state index is -0.937. The average molecular weight is 313 g/mol. The molecule has 0 bridgehead atoms. The molecule has 21 heavy (non-hydrogen) atoms. The highest BCUT2D eigenvalue weighted by Gasteiger charge is 2.20. The second-order valence-electron chi connectivity index (χ2n) is 5.20. The molecule has 1 aromatic carbocycles. The van der Waals surface area contributed by atoms with Crippen LogP contribution in [0.5, 0.6) is 5.75 Å². The highest BCUT2D eigenvalue weighted by Crippen LogP contribution is 2.26. The van der Waals surface area contributed by atoms with E-state index in [0.29, 0.717) is 11.6 Å². The van der Waals surface area contributed by atoms with Gasteiger partial charge >= 0.3 is 6.09 Å². The molecule has 2 rings (SSSR count). The van der Waals surface area contributed by atoms with Crippen molar-refractivity contribution in [3.05, 3.63) is 28.8 Å². The number of amides is 1. The predicted molar refractivity (Wildman–Crippen MR) is 82.1 cm³/mol. The summed E-state index contributed by atoms with van der Waals surface area (Å²) in [5.41, 5.74) is 1.16. The Morgan fingerprint density at radius 2 is 2.19 bits per heavy atom. The second-order valence-corrected chi connectivity index (χ2v) is 5.60. The molecule has 1 saturated heterocycles. The number of carbonyl (C=O) groups is 1. The number of nitrogens with zero attached hydrogens (tertiary/aromatic N) is 1. The van der Waals surface area contributed by atoms with Gasteiger partial charge in [-0.3, -0.25) is 4.90 Å². The lowest BCUT2D eigenvalue weighted by Crippen LogP contribution is -2.43. The van der Waals surface area contributed by atoms with E-state index in [4.69, 9.17) is 21.4 Å². The molecule has 0 radical (unpaired) electrons. The van der Waals surface area contributed by atoms with E-state index in [0.717, 1.165) is 43.8 Å². The molecule has 1 amide bonds. The fraction of sp³-hybridized carbons (Fsp3) is 0.533. The molecule has 1 heterocycles. The van der Waals surface area contributed by atoms with Crippen LogP contribution in [0.1, 0.15) is 25.3 Å². The lowest BCUT2D eigenvalue weighted by Gasteiger charge is -2.31. The molecule has 0 aliphatic carbocycles. The van der Waals surface area contributed by atoms with Gasteiger partial charge in [0, 0.05) is 25.7 Å². The minimum absolute atomic E-state index is 0.0722. The smallest absolute Gasteiger partial charge is 0.404 e. The molecule has 116 valence electrons. The van der Waals surface area contributed by atoms with Crippen molar-refractivity contribution in [3.63, 3.8) is 0 Å². The molecule has 0 aromatic heterocycles. The number of hydrogen-bond donors (Lipinski definition) is 2. The van der Waals surface area contributed by atoms with Gasteiger partial charge in [0.05, 0.1) is 11.6 Å². The molecule has 1 aliphatic rings. The number of likely N-dealkylation sites (tertiary alicyclic amines) is 1. The molecule has 0 unspecified atom stereocenters. The molecular formula is C15H21ClN2O3. The number of benzene rings is 1. The fourth-order valence-electron chi connectivity index (χ4n) is 2.58. The van der Waals surface area contributed by atoms with Gasteiger partial charge in [-0.15, -0.1) is 0 Å². The number of carboxylic acid groups (broad SMARTS) is 1. The summed E-state index contributed by atoms with van der Waals surface area (Å²) in [6.07, 6.45) is 0.753. The number of nitrogens with one attached hydrogen (secondary N) is 1. The quantitative estimate of drug-likeness (QED) is 0.877. The van der Waals surface area contributed by atoms with Gasteiger partial charge in [0.15, 0.2) is 0 Å². The second kappa shape index (κ2) is 7.52. The van der Waals surface area contributed by atoms with Crippen LogP contribution in [0.25, 0.3) is 0 Å². The Labute approximate surface area is 129 Å². The van der Waals surface area contributed by atoms with Crippen molar-refractivity contribution in [1.82, 2.24) is 10.2 Å². The summed E-state index contributed by atoms with van der Waals surface area (Å²) in [6.45, 7) is 5.13. The van der Waals surface area contributed by atoms with Gasteiger partial charge in [-0.1, -0.05) is 17.7 Å². The van der Waals surface area contributed by atoms with E-state index in [2.05, 4.69) is 10.2 Å². The highest BCUT2D eigenvalue weighted by molar-refractivity contribution is 6.32. The zero-order valence-electron chi connectivity index (χ0n) is 12.1. The molecule has 1 aliphatic heterocycles. The van der Waals surface area contributed by atoms with Gasteiger partial charge in [0.25, 0.3) is 0 Å². The Bertz CT molecular complexity index is 488. The van der Waals surface area contributed by atoms with Gasteiger partial charge < -0.3 is 15.2 Å². The van der Waals surface area contributed by atoms with E-state index in [1.165, 1.54) is 0 Å². The highest BCUT2D eigenvalue weighted by atomic mass is 35.5. The van der Waals surface area contributed by atoms with Crippen LogP contribution in [0, 0.1) is 0 Å². The van der Waals surface area contributed by atoms with E-state index in [-0.39, 0.29) is 6.04 Å². The van der Waals surface area contributed by atoms with Crippen molar-refractivity contribution in [2.45, 2.75) is 32.4 Å². The van der Waals surface area contributed by atoms with Crippen LogP contribution in [0.3, 0.4) is 0 Å². The number of ether oxygens (including phenoxy) is 1. The number of halogens is 1. The Balaban J connectivity index is 1.88. The maximum absolute atomic E-state index is 10.6. The zero-order chi connectivity index (χ0) is 15.2. The van der Waals surface area contributed by atoms with E-state index in [1.54, 1.807) is 0 Å². The Morgan fingerprint density at radius 1 is 1.48 bits per heavy atom. The zero-order valence-corrected chi connectivity index (χ0v) is 12.9. The number of rotatable bonds is 5. The van der Waals surface area contributed by atoms with Crippen LogP contribution in [0.4, 0.5) is 4.79 Å². The van der Waals surface area contributed by atoms with Gasteiger partial charge in [-0.05, 0) is 37.5 Å². The van der Waals surface area contributed by atoms with Crippen molar-refractivity contribution in [1.29, 1.82) is 0 Å². The molecule has 1 aromatic rings. The Morgan fingerprint density at radius 3 is 2.81 bits per heavy atom. The fourth-order valence-corrected chi connectivity index (χ4v) is 2.75. The summed E-state index contributed by atoms with van der Waals surface area (Å²) in [5.74, 6) is 0.721. The maximum atomic E-state index is 10.6. The maximum Gasteiger partial charge on any atom is 0.404 e. The summed E-state index contributed by atoms with van der Waals surface area (Å²) < 4.78 is 5.50. The van der Waals surface area contributed by atoms with Gasteiger partial charge in [0.2, 0.25) is 0 Å². The first kappa shape index (κ1) is 15.9. The van der Waals surface area contributed by atoms with Crippen LogP contribution in [0.2, 0.25) is 5.02 Å². The third-order valence-electron chi connectivity index (χ3n) is 3.62. The van der Waals surface area contributed by atoms with Gasteiger partial charge in [-0.2, -0.15) is 0 Å². The van der Waals surface area contributed by atoms with Crippen LogP contribution >= 0.6 is 11.6 Å². The molecule has 0 atom stereocenters. The van der Waals surface area contributed by atoms with Crippen molar-refractivity contribution < 1.29 is 14.6 Å². The van der Waals surface area contributed by atoms with Crippen molar-refractivity contribution in [2.24, 2.45) is 0 Å². The first-order valence-corrected chi connectivity index (χ1v) is 7.59. The summed E-state index contributed by atoms with van der Waals surface area (Å²) in [4.78, 5) is 12.9. The van der Waals surface area contributed by atoms with Crippen molar-refractivity contribution >= 4 is 17.7 Å². The molecule has 0 saturated carbocycles. The molecule has 2 N–H and O–H groups in total. The van der Waals surface area contributed by atoms with Crippen LogP contribution in [-0.4, -0.2) is 41.8 Å². The largest absolute Gasteiger partial charge is 0.492 e. The van der Waals surface area contributed by atoms with Gasteiger partial charge in [-0.25, -0.2) is 4.79 Å². The van der Waals surface area contributed by atoms with Crippen LogP contribution < -0.4 is 10.1 Å². The first-order chi connectivity index (χ1) is 10.1. The third-order valence-corrected chi connectivity index (χ3v) is 3.93. The first-order valence-electron chi connectivity index (χ1n) is 7.21. The monoisotopic (exact) mass is 312 g/mol. The standard InChI is InChI=1S/C15H21ClN2O3/c1-2-21-14-9-11(3-4-13(14)16)10-18-7-5-12(6-8-18)17-15(19)20/h3-4,9,12,17H,2,5-8,10H2,1H3,(H,19,20). The van der Waals surface area contributed by atoms with Crippen LogP contribution in [-0.2, 0) is 6.54 Å². The summed E-state index contributed by atoms with van der Waals surface area (Å²) in [7, 11) is 0.